The number of hydrogen-bond donors (Lipinski definition) is 1. The summed E-state index contributed by atoms with van der Waals surface area (Å²) in [4.78, 5) is 28.7. The van der Waals surface area contributed by atoms with Crippen LogP contribution in [0.2, 0.25) is 0 Å². The average Bonchev–Trinajstić information content (AvgIpc) is 2.53. The second-order valence-corrected chi connectivity index (χ2v) is 7.02. The van der Waals surface area contributed by atoms with E-state index < -0.39 is 0 Å². The number of carbonyl (C=O) groups excluding carboxylic acids is 2. The smallest absolute Gasteiger partial charge is 0.225 e. The van der Waals surface area contributed by atoms with E-state index in [0.29, 0.717) is 25.4 Å². The average molecular weight is 323 g/mol. The minimum Gasteiger partial charge on any atom is -0.379 e. The van der Waals surface area contributed by atoms with Crippen molar-refractivity contribution >= 4 is 11.8 Å². The van der Waals surface area contributed by atoms with Crippen molar-refractivity contribution in [2.45, 2.75) is 44.6 Å². The molecule has 23 heavy (non-hydrogen) atoms. The molecule has 0 radical (unpaired) electrons. The highest BCUT2D eigenvalue weighted by Crippen LogP contribution is 2.22. The van der Waals surface area contributed by atoms with Crippen LogP contribution < -0.4 is 5.32 Å². The molecular formula is C17H29N3O3. The number of ether oxygens (including phenoxy) is 1. The molecule has 0 aromatic heterocycles. The number of hydrogen-bond acceptors (Lipinski definition) is 4. The van der Waals surface area contributed by atoms with E-state index in [9.17, 15) is 9.59 Å². The summed E-state index contributed by atoms with van der Waals surface area (Å²) >= 11 is 0. The largest absolute Gasteiger partial charge is 0.379 e. The molecule has 1 N–H and O–H groups in total. The predicted octanol–water partition coefficient (Wildman–Crippen LogP) is 0.616. The lowest BCUT2D eigenvalue weighted by molar-refractivity contribution is -0.138. The van der Waals surface area contributed by atoms with E-state index in [-0.39, 0.29) is 17.7 Å². The van der Waals surface area contributed by atoms with Gasteiger partial charge < -0.3 is 15.0 Å². The minimum atomic E-state index is -0.0170. The number of likely N-dealkylation sites (tertiary alicyclic amines) is 1. The van der Waals surface area contributed by atoms with Gasteiger partial charge in [-0.1, -0.05) is 0 Å². The van der Waals surface area contributed by atoms with E-state index in [1.165, 1.54) is 6.42 Å². The van der Waals surface area contributed by atoms with Crippen molar-refractivity contribution in [3.05, 3.63) is 0 Å². The molecule has 1 atom stereocenters. The number of nitrogens with one attached hydrogen (secondary N) is 1. The Hall–Kier alpha value is -1.14. The third kappa shape index (κ3) is 4.67. The zero-order valence-electron chi connectivity index (χ0n) is 14.0. The van der Waals surface area contributed by atoms with Crippen LogP contribution in [0.25, 0.3) is 0 Å². The molecule has 0 aromatic rings. The summed E-state index contributed by atoms with van der Waals surface area (Å²) in [7, 11) is 0. The highest BCUT2D eigenvalue weighted by Gasteiger charge is 2.31. The van der Waals surface area contributed by atoms with Gasteiger partial charge in [0.2, 0.25) is 11.8 Å². The summed E-state index contributed by atoms with van der Waals surface area (Å²) in [6.07, 6.45) is 5.64. The molecule has 2 saturated heterocycles. The molecule has 2 heterocycles. The summed E-state index contributed by atoms with van der Waals surface area (Å²) in [6, 6.07) is 0.384. The number of morpholine rings is 1. The predicted molar refractivity (Wildman–Crippen MR) is 87.0 cm³/mol. The summed E-state index contributed by atoms with van der Waals surface area (Å²) in [5.41, 5.74) is 0. The van der Waals surface area contributed by atoms with Crippen molar-refractivity contribution in [1.29, 1.82) is 0 Å². The van der Waals surface area contributed by atoms with Gasteiger partial charge in [-0.05, 0) is 32.1 Å². The normalized spacial score (nSPS) is 26.9. The monoisotopic (exact) mass is 323 g/mol. The summed E-state index contributed by atoms with van der Waals surface area (Å²) in [5.74, 6) is 0.344. The van der Waals surface area contributed by atoms with Crippen molar-refractivity contribution in [2.24, 2.45) is 5.92 Å². The van der Waals surface area contributed by atoms with Crippen molar-refractivity contribution in [3.8, 4) is 0 Å². The molecule has 130 valence electrons. The molecule has 6 nitrogen and oxygen atoms in total. The molecule has 0 unspecified atom stereocenters. The van der Waals surface area contributed by atoms with Crippen LogP contribution in [0.1, 0.15) is 38.5 Å². The van der Waals surface area contributed by atoms with Crippen LogP contribution in [-0.4, -0.2) is 73.6 Å². The molecule has 3 aliphatic rings. The second-order valence-electron chi connectivity index (χ2n) is 7.02. The third-order valence-electron chi connectivity index (χ3n) is 5.33. The van der Waals surface area contributed by atoms with Crippen LogP contribution in [0.5, 0.6) is 0 Å². The fraction of sp³-hybridized carbons (Fsp3) is 0.882. The number of carbonyl (C=O) groups is 2. The maximum atomic E-state index is 12.3. The highest BCUT2D eigenvalue weighted by molar-refractivity contribution is 5.84. The van der Waals surface area contributed by atoms with E-state index in [1.807, 2.05) is 4.90 Å². The molecule has 0 spiro atoms. The molecule has 6 heteroatoms. The maximum Gasteiger partial charge on any atom is 0.225 e. The number of nitrogens with zero attached hydrogens (tertiary/aromatic N) is 2. The van der Waals surface area contributed by atoms with Crippen LogP contribution in [0, 0.1) is 5.92 Å². The summed E-state index contributed by atoms with van der Waals surface area (Å²) < 4.78 is 5.35. The van der Waals surface area contributed by atoms with Crippen molar-refractivity contribution in [2.75, 3.05) is 45.9 Å². The number of rotatable bonds is 6. The van der Waals surface area contributed by atoms with Crippen molar-refractivity contribution < 1.29 is 14.3 Å². The van der Waals surface area contributed by atoms with Gasteiger partial charge in [0, 0.05) is 45.2 Å². The Morgan fingerprint density at radius 3 is 2.65 bits per heavy atom. The number of piperidine rings is 1. The molecule has 2 aliphatic heterocycles. The fourth-order valence-corrected chi connectivity index (χ4v) is 3.53. The summed E-state index contributed by atoms with van der Waals surface area (Å²) in [5, 5.41) is 3.13. The lowest BCUT2D eigenvalue weighted by Crippen LogP contribution is -2.49. The van der Waals surface area contributed by atoms with Gasteiger partial charge in [0.1, 0.15) is 0 Å². The molecule has 2 amide bonds. The van der Waals surface area contributed by atoms with Crippen LogP contribution in [-0.2, 0) is 14.3 Å². The molecule has 0 bridgehead atoms. The van der Waals surface area contributed by atoms with E-state index in [1.54, 1.807) is 0 Å². The molecule has 0 aromatic carbocycles. The Balaban J connectivity index is 1.40. The van der Waals surface area contributed by atoms with Gasteiger partial charge in [0.25, 0.3) is 0 Å². The van der Waals surface area contributed by atoms with Crippen LogP contribution >= 0.6 is 0 Å². The first-order chi connectivity index (χ1) is 11.2. The van der Waals surface area contributed by atoms with Crippen molar-refractivity contribution in [1.82, 2.24) is 15.1 Å². The van der Waals surface area contributed by atoms with Crippen LogP contribution in [0.15, 0.2) is 0 Å². The van der Waals surface area contributed by atoms with Gasteiger partial charge in [-0.2, -0.15) is 0 Å². The van der Waals surface area contributed by atoms with E-state index in [0.717, 1.165) is 58.7 Å². The first-order valence-electron chi connectivity index (χ1n) is 9.10. The topological polar surface area (TPSA) is 61.9 Å². The van der Waals surface area contributed by atoms with E-state index >= 15 is 0 Å². The van der Waals surface area contributed by atoms with Crippen LogP contribution in [0.4, 0.5) is 0 Å². The van der Waals surface area contributed by atoms with Gasteiger partial charge in [0.05, 0.1) is 19.1 Å². The zero-order chi connectivity index (χ0) is 16.1. The lowest BCUT2D eigenvalue weighted by atomic mass is 9.91. The Morgan fingerprint density at radius 1 is 1.17 bits per heavy atom. The first kappa shape index (κ1) is 16.7. The lowest BCUT2D eigenvalue weighted by Gasteiger charge is -2.35. The van der Waals surface area contributed by atoms with Gasteiger partial charge in [-0.25, -0.2) is 0 Å². The zero-order valence-corrected chi connectivity index (χ0v) is 14.0. The molecule has 1 saturated carbocycles. The van der Waals surface area contributed by atoms with E-state index in [4.69, 9.17) is 4.74 Å². The SMILES string of the molecule is O=C(NC1CCC1)[C@H]1CCC(=O)N(CCCN2CCOCC2)C1. The van der Waals surface area contributed by atoms with Gasteiger partial charge in [-0.3, -0.25) is 14.5 Å². The Kier molecular flexibility index (Phi) is 5.89. The first-order valence-corrected chi connectivity index (χ1v) is 9.10. The Labute approximate surface area is 138 Å². The molecule has 1 aliphatic carbocycles. The highest BCUT2D eigenvalue weighted by atomic mass is 16.5. The maximum absolute atomic E-state index is 12.3. The molecule has 3 rings (SSSR count). The minimum absolute atomic E-state index is 0.0170. The number of amides is 2. The second kappa shape index (κ2) is 8.11. The van der Waals surface area contributed by atoms with Gasteiger partial charge in [-0.15, -0.1) is 0 Å². The molecular weight excluding hydrogens is 294 g/mol. The molecule has 3 fully saturated rings. The van der Waals surface area contributed by atoms with Gasteiger partial charge >= 0.3 is 0 Å². The quantitative estimate of drug-likeness (QED) is 0.778. The van der Waals surface area contributed by atoms with Crippen LogP contribution in [0.3, 0.4) is 0 Å². The Bertz CT molecular complexity index is 419. The standard InChI is InChI=1S/C17H29N3O3/c21-16-6-5-14(17(22)18-15-3-1-4-15)13-20(16)8-2-7-19-9-11-23-12-10-19/h14-15H,1-13H2,(H,18,22)/t14-/m0/s1. The fourth-order valence-electron chi connectivity index (χ4n) is 3.53. The van der Waals surface area contributed by atoms with E-state index in [2.05, 4.69) is 10.2 Å². The van der Waals surface area contributed by atoms with Gasteiger partial charge in [0.15, 0.2) is 0 Å². The van der Waals surface area contributed by atoms with Crippen molar-refractivity contribution in [3.63, 3.8) is 0 Å². The third-order valence-corrected chi connectivity index (χ3v) is 5.33. The summed E-state index contributed by atoms with van der Waals surface area (Å²) in [6.45, 7) is 5.97. The Morgan fingerprint density at radius 2 is 1.96 bits per heavy atom.